The summed E-state index contributed by atoms with van der Waals surface area (Å²) in [5.41, 5.74) is 0. The van der Waals surface area contributed by atoms with Gasteiger partial charge in [-0.1, -0.05) is 0 Å². The number of hydrogen-bond acceptors (Lipinski definition) is 3. The highest BCUT2D eigenvalue weighted by Crippen LogP contribution is 2.11. The van der Waals surface area contributed by atoms with Crippen LogP contribution in [0.3, 0.4) is 0 Å². The third kappa shape index (κ3) is 1.39. The molecule has 13 heavy (non-hydrogen) atoms. The van der Waals surface area contributed by atoms with E-state index in [0.29, 0.717) is 13.1 Å². The van der Waals surface area contributed by atoms with E-state index in [4.69, 9.17) is 0 Å². The van der Waals surface area contributed by atoms with Gasteiger partial charge in [0.15, 0.2) is 0 Å². The average molecular weight is 183 g/mol. The minimum atomic E-state index is 0.0338. The first-order valence-electron chi connectivity index (χ1n) is 4.42. The van der Waals surface area contributed by atoms with Crippen molar-refractivity contribution >= 4 is 11.8 Å². The van der Waals surface area contributed by atoms with E-state index in [0.717, 1.165) is 6.54 Å². The Hall–Kier alpha value is -1.10. The van der Waals surface area contributed by atoms with Crippen molar-refractivity contribution in [2.75, 3.05) is 33.2 Å². The van der Waals surface area contributed by atoms with E-state index in [2.05, 4.69) is 5.32 Å². The van der Waals surface area contributed by atoms with Gasteiger partial charge in [0, 0.05) is 20.1 Å². The standard InChI is InChI=1S/C8H13N3O2/c1-10-4-6-2-9-3-7(12)11(6)5-8(10)13/h6,9H,2-5H2,1H3. The molecule has 5 nitrogen and oxygen atoms in total. The van der Waals surface area contributed by atoms with Crippen molar-refractivity contribution in [3.05, 3.63) is 0 Å². The predicted molar refractivity (Wildman–Crippen MR) is 46.0 cm³/mol. The van der Waals surface area contributed by atoms with Gasteiger partial charge in [-0.2, -0.15) is 0 Å². The van der Waals surface area contributed by atoms with Gasteiger partial charge >= 0.3 is 0 Å². The monoisotopic (exact) mass is 183 g/mol. The lowest BCUT2D eigenvalue weighted by Gasteiger charge is -2.42. The summed E-state index contributed by atoms with van der Waals surface area (Å²) >= 11 is 0. The number of hydrogen-bond donors (Lipinski definition) is 1. The fourth-order valence-corrected chi connectivity index (χ4v) is 1.83. The highest BCUT2D eigenvalue weighted by atomic mass is 16.2. The lowest BCUT2D eigenvalue weighted by Crippen LogP contribution is -2.64. The molecule has 2 amide bonds. The van der Waals surface area contributed by atoms with Gasteiger partial charge in [0.25, 0.3) is 0 Å². The maximum atomic E-state index is 11.4. The normalized spacial score (nSPS) is 29.2. The van der Waals surface area contributed by atoms with Gasteiger partial charge in [0.1, 0.15) is 6.54 Å². The van der Waals surface area contributed by atoms with Gasteiger partial charge in [-0.3, -0.25) is 9.59 Å². The third-order valence-corrected chi connectivity index (χ3v) is 2.63. The summed E-state index contributed by atoms with van der Waals surface area (Å²) in [5.74, 6) is 0.0733. The second kappa shape index (κ2) is 2.99. The van der Waals surface area contributed by atoms with E-state index in [1.165, 1.54) is 0 Å². The second-order valence-electron chi connectivity index (χ2n) is 3.58. The number of rotatable bonds is 0. The Morgan fingerprint density at radius 3 is 2.92 bits per heavy atom. The highest BCUT2D eigenvalue weighted by Gasteiger charge is 2.35. The summed E-state index contributed by atoms with van der Waals surface area (Å²) in [6, 6.07) is 0.170. The molecule has 0 aromatic heterocycles. The molecule has 0 radical (unpaired) electrons. The second-order valence-corrected chi connectivity index (χ2v) is 3.58. The molecule has 0 spiro atoms. The molecule has 2 fully saturated rings. The van der Waals surface area contributed by atoms with Crippen LogP contribution in [0, 0.1) is 0 Å². The molecule has 2 saturated heterocycles. The van der Waals surface area contributed by atoms with Crippen LogP contribution in [0.25, 0.3) is 0 Å². The van der Waals surface area contributed by atoms with Crippen molar-refractivity contribution in [3.63, 3.8) is 0 Å². The SMILES string of the molecule is CN1CC2CNCC(=O)N2CC1=O. The quantitative estimate of drug-likeness (QED) is 0.485. The van der Waals surface area contributed by atoms with Crippen molar-refractivity contribution in [1.29, 1.82) is 0 Å². The van der Waals surface area contributed by atoms with Crippen LogP contribution in [-0.2, 0) is 9.59 Å². The van der Waals surface area contributed by atoms with Gasteiger partial charge in [-0.25, -0.2) is 0 Å². The van der Waals surface area contributed by atoms with E-state index in [1.807, 2.05) is 0 Å². The Bertz CT molecular complexity index is 254. The van der Waals surface area contributed by atoms with E-state index < -0.39 is 0 Å². The Labute approximate surface area is 76.7 Å². The van der Waals surface area contributed by atoms with Crippen LogP contribution in [-0.4, -0.2) is 60.9 Å². The van der Waals surface area contributed by atoms with E-state index in [9.17, 15) is 9.59 Å². The molecule has 2 heterocycles. The van der Waals surface area contributed by atoms with Crippen LogP contribution in [0.4, 0.5) is 0 Å². The van der Waals surface area contributed by atoms with Crippen LogP contribution in [0.15, 0.2) is 0 Å². The zero-order valence-electron chi connectivity index (χ0n) is 7.62. The maximum absolute atomic E-state index is 11.4. The van der Waals surface area contributed by atoms with Crippen LogP contribution in [0.1, 0.15) is 0 Å². The molecule has 72 valence electrons. The van der Waals surface area contributed by atoms with E-state index >= 15 is 0 Å². The predicted octanol–water partition coefficient (Wildman–Crippen LogP) is -1.74. The number of piperazine rings is 2. The summed E-state index contributed by atoms with van der Waals surface area (Å²) in [4.78, 5) is 26.0. The molecule has 0 aromatic rings. The summed E-state index contributed by atoms with van der Waals surface area (Å²) in [6.07, 6.45) is 0. The molecule has 5 heteroatoms. The van der Waals surface area contributed by atoms with E-state index in [1.54, 1.807) is 16.8 Å². The summed E-state index contributed by atoms with van der Waals surface area (Å²) in [5, 5.41) is 3.04. The van der Waals surface area contributed by atoms with E-state index in [-0.39, 0.29) is 24.4 Å². The lowest BCUT2D eigenvalue weighted by atomic mass is 10.1. The first-order chi connectivity index (χ1) is 6.18. The number of likely N-dealkylation sites (N-methyl/N-ethyl adjacent to an activating group) is 1. The number of fused-ring (bicyclic) bond motifs is 1. The Morgan fingerprint density at radius 1 is 1.38 bits per heavy atom. The molecule has 1 atom stereocenters. The van der Waals surface area contributed by atoms with Crippen molar-refractivity contribution < 1.29 is 9.59 Å². The third-order valence-electron chi connectivity index (χ3n) is 2.63. The zero-order valence-corrected chi connectivity index (χ0v) is 7.62. The van der Waals surface area contributed by atoms with Gasteiger partial charge < -0.3 is 15.1 Å². The summed E-state index contributed by atoms with van der Waals surface area (Å²) in [7, 11) is 1.78. The molecule has 2 aliphatic heterocycles. The summed E-state index contributed by atoms with van der Waals surface area (Å²) in [6.45, 7) is 2.07. The molecular formula is C8H13N3O2. The first-order valence-corrected chi connectivity index (χ1v) is 4.42. The smallest absolute Gasteiger partial charge is 0.242 e. The lowest BCUT2D eigenvalue weighted by molar-refractivity contribution is -0.149. The minimum absolute atomic E-state index is 0.0338. The number of amides is 2. The van der Waals surface area contributed by atoms with Crippen LogP contribution in [0.5, 0.6) is 0 Å². The topological polar surface area (TPSA) is 52.7 Å². The molecule has 1 N–H and O–H groups in total. The Kier molecular flexibility index (Phi) is 1.95. The number of carbonyl (C=O) groups is 2. The number of nitrogens with zero attached hydrogens (tertiary/aromatic N) is 2. The molecule has 0 bridgehead atoms. The molecule has 0 aromatic carbocycles. The van der Waals surface area contributed by atoms with Gasteiger partial charge in [-0.15, -0.1) is 0 Å². The molecule has 0 saturated carbocycles. The molecular weight excluding hydrogens is 170 g/mol. The van der Waals surface area contributed by atoms with Gasteiger partial charge in [0.05, 0.1) is 12.6 Å². The first kappa shape index (κ1) is 8.50. The van der Waals surface area contributed by atoms with Gasteiger partial charge in [-0.05, 0) is 0 Å². The summed E-state index contributed by atoms with van der Waals surface area (Å²) < 4.78 is 0. The van der Waals surface area contributed by atoms with Crippen molar-refractivity contribution in [2.45, 2.75) is 6.04 Å². The van der Waals surface area contributed by atoms with Gasteiger partial charge in [0.2, 0.25) is 11.8 Å². The largest absolute Gasteiger partial charge is 0.342 e. The molecule has 2 rings (SSSR count). The number of carbonyl (C=O) groups excluding carboxylic acids is 2. The zero-order chi connectivity index (χ0) is 9.42. The molecule has 2 aliphatic rings. The Balaban J connectivity index is 2.12. The number of nitrogens with one attached hydrogen (secondary N) is 1. The Morgan fingerprint density at radius 2 is 2.15 bits per heavy atom. The van der Waals surface area contributed by atoms with Crippen molar-refractivity contribution in [1.82, 2.24) is 15.1 Å². The molecule has 0 aliphatic carbocycles. The minimum Gasteiger partial charge on any atom is -0.342 e. The fraction of sp³-hybridized carbons (Fsp3) is 0.750. The van der Waals surface area contributed by atoms with Crippen molar-refractivity contribution in [2.24, 2.45) is 0 Å². The van der Waals surface area contributed by atoms with Crippen LogP contribution < -0.4 is 5.32 Å². The molecule has 1 unspecified atom stereocenters. The maximum Gasteiger partial charge on any atom is 0.242 e. The average Bonchev–Trinajstić information content (AvgIpc) is 2.09. The van der Waals surface area contributed by atoms with Crippen LogP contribution >= 0.6 is 0 Å². The van der Waals surface area contributed by atoms with Crippen molar-refractivity contribution in [3.8, 4) is 0 Å². The fourth-order valence-electron chi connectivity index (χ4n) is 1.83. The van der Waals surface area contributed by atoms with Crippen LogP contribution in [0.2, 0.25) is 0 Å². The highest BCUT2D eigenvalue weighted by molar-refractivity contribution is 5.87.